The van der Waals surface area contributed by atoms with E-state index < -0.39 is 0 Å². The average Bonchev–Trinajstić information content (AvgIpc) is 3.36. The van der Waals surface area contributed by atoms with Gasteiger partial charge in [-0.25, -0.2) is 9.18 Å². The summed E-state index contributed by atoms with van der Waals surface area (Å²) in [6, 6.07) is 13.5. The first-order chi connectivity index (χ1) is 16.0. The topological polar surface area (TPSA) is 64.7 Å². The minimum atomic E-state index is -0.352. The van der Waals surface area contributed by atoms with Crippen LogP contribution < -0.4 is 10.6 Å². The molecule has 0 bridgehead atoms. The van der Waals surface area contributed by atoms with Crippen LogP contribution in [-0.2, 0) is 4.79 Å². The molecule has 0 radical (unpaired) electrons. The summed E-state index contributed by atoms with van der Waals surface area (Å²) in [5, 5.41) is 6.29. The average molecular weight is 473 g/mol. The molecule has 0 spiro atoms. The summed E-state index contributed by atoms with van der Waals surface area (Å²) in [5.41, 5.74) is 1.16. The molecule has 2 N–H and O–H groups in total. The van der Waals surface area contributed by atoms with Crippen LogP contribution >= 0.6 is 11.6 Å². The number of nitrogens with zero attached hydrogens (tertiary/aromatic N) is 2. The maximum atomic E-state index is 14.7. The number of likely N-dealkylation sites (tertiary alicyclic amines) is 2. The fraction of sp³-hybridized carbons (Fsp3) is 0.440. The van der Waals surface area contributed by atoms with Crippen LogP contribution in [0.1, 0.15) is 37.3 Å². The Morgan fingerprint density at radius 1 is 1.03 bits per heavy atom. The number of benzene rings is 2. The minimum absolute atomic E-state index is 0.108. The fourth-order valence-corrected chi connectivity index (χ4v) is 5.03. The molecule has 2 unspecified atom stereocenters. The number of nitrogens with one attached hydrogen (secondary N) is 2. The van der Waals surface area contributed by atoms with Crippen molar-refractivity contribution in [3.05, 3.63) is 64.9 Å². The lowest BCUT2D eigenvalue weighted by Crippen LogP contribution is -2.48. The van der Waals surface area contributed by atoms with Crippen molar-refractivity contribution >= 4 is 29.2 Å². The molecule has 33 heavy (non-hydrogen) atoms. The maximum absolute atomic E-state index is 14.7. The zero-order chi connectivity index (χ0) is 23.2. The first-order valence-corrected chi connectivity index (χ1v) is 12.0. The van der Waals surface area contributed by atoms with E-state index in [4.69, 9.17) is 11.6 Å². The number of anilines is 1. The van der Waals surface area contributed by atoms with Gasteiger partial charge in [-0.3, -0.25) is 9.69 Å². The van der Waals surface area contributed by atoms with E-state index >= 15 is 0 Å². The molecule has 4 rings (SSSR count). The summed E-state index contributed by atoms with van der Waals surface area (Å²) in [6.07, 6.45) is 3.57. The Labute approximate surface area is 199 Å². The molecule has 2 aromatic carbocycles. The number of hydrogen-bond acceptors (Lipinski definition) is 3. The first kappa shape index (κ1) is 23.5. The van der Waals surface area contributed by atoms with E-state index in [1.54, 1.807) is 17.0 Å². The van der Waals surface area contributed by atoms with Gasteiger partial charge in [0.05, 0.1) is 12.0 Å². The van der Waals surface area contributed by atoms with Crippen molar-refractivity contribution in [3.8, 4) is 0 Å². The van der Waals surface area contributed by atoms with Crippen molar-refractivity contribution in [1.82, 2.24) is 15.1 Å². The molecule has 0 saturated carbocycles. The Morgan fingerprint density at radius 2 is 1.79 bits per heavy atom. The summed E-state index contributed by atoms with van der Waals surface area (Å²) in [6.45, 7) is 2.96. The Hall–Kier alpha value is -2.64. The highest BCUT2D eigenvalue weighted by Gasteiger charge is 2.31. The largest absolute Gasteiger partial charge is 0.354 e. The number of carbonyl (C=O) groups is 2. The van der Waals surface area contributed by atoms with E-state index in [0.29, 0.717) is 23.7 Å². The summed E-state index contributed by atoms with van der Waals surface area (Å²) >= 11 is 6.36. The third-order valence-electron chi connectivity index (χ3n) is 6.49. The molecule has 2 aliphatic heterocycles. The highest BCUT2D eigenvalue weighted by atomic mass is 35.5. The van der Waals surface area contributed by atoms with Crippen molar-refractivity contribution in [3.63, 3.8) is 0 Å². The monoisotopic (exact) mass is 472 g/mol. The molecule has 6 nitrogen and oxygen atoms in total. The van der Waals surface area contributed by atoms with Crippen molar-refractivity contribution in [2.24, 2.45) is 5.92 Å². The fourth-order valence-electron chi connectivity index (χ4n) is 4.74. The lowest BCUT2D eigenvalue weighted by molar-refractivity contribution is -0.126. The van der Waals surface area contributed by atoms with Crippen LogP contribution in [0.4, 0.5) is 14.9 Å². The zero-order valence-corrected chi connectivity index (χ0v) is 19.4. The molecule has 2 saturated heterocycles. The van der Waals surface area contributed by atoms with Crippen molar-refractivity contribution < 1.29 is 14.0 Å². The number of piperidine rings is 1. The van der Waals surface area contributed by atoms with Crippen LogP contribution in [0.2, 0.25) is 5.02 Å². The third-order valence-corrected chi connectivity index (χ3v) is 6.82. The maximum Gasteiger partial charge on any atom is 0.321 e. The number of para-hydroxylation sites is 1. The van der Waals surface area contributed by atoms with E-state index in [1.807, 2.05) is 30.3 Å². The molecular weight excluding hydrogens is 443 g/mol. The number of rotatable bonds is 6. The van der Waals surface area contributed by atoms with E-state index in [0.717, 1.165) is 44.5 Å². The number of hydrogen-bond donors (Lipinski definition) is 2. The van der Waals surface area contributed by atoms with Crippen LogP contribution in [-0.4, -0.2) is 54.5 Å². The van der Waals surface area contributed by atoms with Crippen LogP contribution in [0.3, 0.4) is 0 Å². The quantitative estimate of drug-likeness (QED) is 0.641. The van der Waals surface area contributed by atoms with Crippen molar-refractivity contribution in [2.75, 3.05) is 38.0 Å². The number of urea groups is 1. The van der Waals surface area contributed by atoms with Gasteiger partial charge in [0.15, 0.2) is 0 Å². The SMILES string of the molecule is O=C(NCC(c1c(F)cccc1Cl)N1CCCC1)C1CCCN(C(=O)Nc2ccccc2)C1. The number of halogens is 2. The van der Waals surface area contributed by atoms with E-state index in [2.05, 4.69) is 15.5 Å². The van der Waals surface area contributed by atoms with Gasteiger partial charge in [-0.05, 0) is 63.0 Å². The number of amides is 3. The summed E-state index contributed by atoms with van der Waals surface area (Å²) in [5.74, 6) is -0.755. The molecule has 2 heterocycles. The molecule has 0 aromatic heterocycles. The number of carbonyl (C=O) groups excluding carboxylic acids is 2. The second-order valence-electron chi connectivity index (χ2n) is 8.72. The van der Waals surface area contributed by atoms with E-state index in [1.165, 1.54) is 6.07 Å². The molecule has 2 fully saturated rings. The van der Waals surface area contributed by atoms with Gasteiger partial charge in [0.2, 0.25) is 5.91 Å². The van der Waals surface area contributed by atoms with Gasteiger partial charge in [0, 0.05) is 35.9 Å². The molecule has 2 atom stereocenters. The predicted molar refractivity (Wildman–Crippen MR) is 128 cm³/mol. The third kappa shape index (κ3) is 5.84. The second-order valence-corrected chi connectivity index (χ2v) is 9.13. The minimum Gasteiger partial charge on any atom is -0.354 e. The Balaban J connectivity index is 1.38. The molecular formula is C25H30ClFN4O2. The molecule has 8 heteroatoms. The van der Waals surface area contributed by atoms with Gasteiger partial charge in [-0.2, -0.15) is 0 Å². The summed E-state index contributed by atoms with van der Waals surface area (Å²) < 4.78 is 14.7. The molecule has 2 aromatic rings. The van der Waals surface area contributed by atoms with Gasteiger partial charge < -0.3 is 15.5 Å². The zero-order valence-electron chi connectivity index (χ0n) is 18.6. The van der Waals surface area contributed by atoms with E-state index in [-0.39, 0.29) is 36.3 Å². The highest BCUT2D eigenvalue weighted by molar-refractivity contribution is 6.31. The summed E-state index contributed by atoms with van der Waals surface area (Å²) in [4.78, 5) is 29.6. The van der Waals surface area contributed by atoms with Crippen LogP contribution in [0.25, 0.3) is 0 Å². The van der Waals surface area contributed by atoms with Crippen LogP contribution in [0, 0.1) is 11.7 Å². The van der Waals surface area contributed by atoms with Crippen molar-refractivity contribution in [1.29, 1.82) is 0 Å². The predicted octanol–water partition coefficient (Wildman–Crippen LogP) is 4.68. The Morgan fingerprint density at radius 3 is 2.52 bits per heavy atom. The summed E-state index contributed by atoms with van der Waals surface area (Å²) in [7, 11) is 0. The molecule has 3 amide bonds. The van der Waals surface area contributed by atoms with Gasteiger partial charge in [0.1, 0.15) is 5.82 Å². The van der Waals surface area contributed by atoms with Crippen molar-refractivity contribution in [2.45, 2.75) is 31.7 Å². The van der Waals surface area contributed by atoms with Gasteiger partial charge in [-0.15, -0.1) is 0 Å². The van der Waals surface area contributed by atoms with Gasteiger partial charge >= 0.3 is 6.03 Å². The molecule has 0 aliphatic carbocycles. The van der Waals surface area contributed by atoms with Gasteiger partial charge in [0.25, 0.3) is 0 Å². The second kappa shape index (κ2) is 11.0. The first-order valence-electron chi connectivity index (χ1n) is 11.6. The Kier molecular flexibility index (Phi) is 7.83. The lowest BCUT2D eigenvalue weighted by Gasteiger charge is -2.33. The van der Waals surface area contributed by atoms with Crippen LogP contribution in [0.15, 0.2) is 48.5 Å². The van der Waals surface area contributed by atoms with Crippen LogP contribution in [0.5, 0.6) is 0 Å². The molecule has 2 aliphatic rings. The smallest absolute Gasteiger partial charge is 0.321 e. The Bertz CT molecular complexity index is 948. The lowest BCUT2D eigenvalue weighted by atomic mass is 9.97. The van der Waals surface area contributed by atoms with E-state index in [9.17, 15) is 14.0 Å². The highest BCUT2D eigenvalue weighted by Crippen LogP contribution is 2.32. The normalized spacial score (nSPS) is 19.8. The standard InChI is InChI=1S/C25H30ClFN4O2/c26-20-11-6-12-21(27)23(20)22(30-13-4-5-14-30)16-28-24(32)18-8-7-15-31(17-18)25(33)29-19-9-2-1-3-10-19/h1-3,6,9-12,18,22H,4-5,7-8,13-17H2,(H,28,32)(H,29,33). The molecule has 176 valence electrons. The van der Waals surface area contributed by atoms with Gasteiger partial charge in [-0.1, -0.05) is 35.9 Å².